The number of benzene rings is 1. The number of carbonyl (C=O) groups is 1. The van der Waals surface area contributed by atoms with Crippen LogP contribution in [0, 0.1) is 5.92 Å². The minimum absolute atomic E-state index is 0.0135. The van der Waals surface area contributed by atoms with Gasteiger partial charge in [-0.05, 0) is 44.7 Å². The quantitative estimate of drug-likeness (QED) is 0.871. The van der Waals surface area contributed by atoms with Crippen molar-refractivity contribution in [1.29, 1.82) is 0 Å². The molecule has 0 bridgehead atoms. The van der Waals surface area contributed by atoms with Gasteiger partial charge in [0.25, 0.3) is 0 Å². The molecule has 1 aliphatic heterocycles. The van der Waals surface area contributed by atoms with Gasteiger partial charge < -0.3 is 10.4 Å². The van der Waals surface area contributed by atoms with Gasteiger partial charge >= 0.3 is 0 Å². The average molecular weight is 290 g/mol. The molecule has 0 radical (unpaired) electrons. The summed E-state index contributed by atoms with van der Waals surface area (Å²) in [5.41, 5.74) is 1.12. The normalized spacial score (nSPS) is 22.5. The first-order valence-electron chi connectivity index (χ1n) is 7.82. The van der Waals surface area contributed by atoms with Crippen LogP contribution in [0.2, 0.25) is 0 Å². The van der Waals surface area contributed by atoms with E-state index < -0.39 is 0 Å². The van der Waals surface area contributed by atoms with Gasteiger partial charge in [-0.2, -0.15) is 0 Å². The molecule has 4 heteroatoms. The summed E-state index contributed by atoms with van der Waals surface area (Å²) in [6.07, 6.45) is 2.11. The van der Waals surface area contributed by atoms with E-state index in [1.165, 1.54) is 0 Å². The minimum atomic E-state index is -0.148. The summed E-state index contributed by atoms with van der Waals surface area (Å²) >= 11 is 0. The molecular weight excluding hydrogens is 264 g/mol. The third kappa shape index (κ3) is 4.29. The molecule has 3 atom stereocenters. The lowest BCUT2D eigenvalue weighted by Gasteiger charge is -2.35. The van der Waals surface area contributed by atoms with Gasteiger partial charge in [-0.15, -0.1) is 0 Å². The van der Waals surface area contributed by atoms with Gasteiger partial charge in [-0.3, -0.25) is 9.69 Å². The average Bonchev–Trinajstić information content (AvgIpc) is 2.54. The molecule has 1 aromatic rings. The predicted molar refractivity (Wildman–Crippen MR) is 83.8 cm³/mol. The van der Waals surface area contributed by atoms with E-state index >= 15 is 0 Å². The third-order valence-electron chi connectivity index (χ3n) is 4.39. The number of aliphatic hydroxyl groups excluding tert-OH is 1. The topological polar surface area (TPSA) is 52.6 Å². The standard InChI is InChI=1S/C17H26N2O2/c1-13(16-8-4-3-5-9-16)18-17(21)14(2)19-10-6-7-15(11-19)12-20/h3-5,8-9,13-15,20H,6-7,10-12H2,1-2H3,(H,18,21). The Hall–Kier alpha value is -1.39. The number of aliphatic hydroxyl groups is 1. The maximum Gasteiger partial charge on any atom is 0.237 e. The molecule has 1 saturated heterocycles. The Bertz CT molecular complexity index is 449. The zero-order valence-electron chi connectivity index (χ0n) is 13.0. The van der Waals surface area contributed by atoms with E-state index in [-0.39, 0.29) is 24.6 Å². The number of rotatable bonds is 5. The molecule has 21 heavy (non-hydrogen) atoms. The van der Waals surface area contributed by atoms with E-state index in [9.17, 15) is 9.90 Å². The molecule has 116 valence electrons. The highest BCUT2D eigenvalue weighted by molar-refractivity contribution is 5.81. The van der Waals surface area contributed by atoms with Crippen LogP contribution >= 0.6 is 0 Å². The van der Waals surface area contributed by atoms with Gasteiger partial charge in [-0.1, -0.05) is 30.3 Å². The fourth-order valence-corrected chi connectivity index (χ4v) is 2.92. The zero-order valence-corrected chi connectivity index (χ0v) is 13.0. The van der Waals surface area contributed by atoms with Crippen molar-refractivity contribution in [3.05, 3.63) is 35.9 Å². The van der Waals surface area contributed by atoms with Crippen LogP contribution in [-0.2, 0) is 4.79 Å². The Morgan fingerprint density at radius 2 is 2.10 bits per heavy atom. The summed E-state index contributed by atoms with van der Waals surface area (Å²) < 4.78 is 0. The molecular formula is C17H26N2O2. The van der Waals surface area contributed by atoms with Crippen molar-refractivity contribution in [3.63, 3.8) is 0 Å². The second-order valence-electron chi connectivity index (χ2n) is 6.00. The minimum Gasteiger partial charge on any atom is -0.396 e. The first-order valence-corrected chi connectivity index (χ1v) is 7.82. The Morgan fingerprint density at radius 3 is 2.76 bits per heavy atom. The number of hydrogen-bond acceptors (Lipinski definition) is 3. The molecule has 1 heterocycles. The maximum absolute atomic E-state index is 12.4. The van der Waals surface area contributed by atoms with Crippen molar-refractivity contribution < 1.29 is 9.90 Å². The summed E-state index contributed by atoms with van der Waals surface area (Å²) in [6, 6.07) is 9.86. The molecule has 1 fully saturated rings. The zero-order chi connectivity index (χ0) is 15.2. The highest BCUT2D eigenvalue weighted by atomic mass is 16.3. The van der Waals surface area contributed by atoms with E-state index in [2.05, 4.69) is 10.2 Å². The summed E-state index contributed by atoms with van der Waals surface area (Å²) in [6.45, 7) is 5.92. The lowest BCUT2D eigenvalue weighted by atomic mass is 9.97. The molecule has 0 aromatic heterocycles. The van der Waals surface area contributed by atoms with Gasteiger partial charge in [0.15, 0.2) is 0 Å². The molecule has 0 spiro atoms. The number of carbonyl (C=O) groups excluding carboxylic acids is 1. The van der Waals surface area contributed by atoms with E-state index in [4.69, 9.17) is 0 Å². The maximum atomic E-state index is 12.4. The second-order valence-corrected chi connectivity index (χ2v) is 6.00. The smallest absolute Gasteiger partial charge is 0.237 e. The van der Waals surface area contributed by atoms with Crippen molar-refractivity contribution >= 4 is 5.91 Å². The lowest BCUT2D eigenvalue weighted by Crippen LogP contribution is -2.49. The Kier molecular flexibility index (Phi) is 5.76. The molecule has 4 nitrogen and oxygen atoms in total. The first-order chi connectivity index (χ1) is 10.1. The number of likely N-dealkylation sites (tertiary alicyclic amines) is 1. The number of piperidine rings is 1. The summed E-state index contributed by atoms with van der Waals surface area (Å²) in [7, 11) is 0. The number of amides is 1. The second kappa shape index (κ2) is 7.57. The van der Waals surface area contributed by atoms with Gasteiger partial charge in [0.1, 0.15) is 0 Å². The monoisotopic (exact) mass is 290 g/mol. The van der Waals surface area contributed by atoms with Crippen LogP contribution in [0.5, 0.6) is 0 Å². The van der Waals surface area contributed by atoms with Crippen molar-refractivity contribution in [3.8, 4) is 0 Å². The summed E-state index contributed by atoms with van der Waals surface area (Å²) in [5, 5.41) is 12.4. The predicted octanol–water partition coefficient (Wildman–Crippen LogP) is 1.96. The lowest BCUT2D eigenvalue weighted by molar-refractivity contribution is -0.127. The Balaban J connectivity index is 1.90. The van der Waals surface area contributed by atoms with Crippen molar-refractivity contribution in [2.24, 2.45) is 5.92 Å². The fourth-order valence-electron chi connectivity index (χ4n) is 2.92. The van der Waals surface area contributed by atoms with Crippen LogP contribution in [0.1, 0.15) is 38.3 Å². The molecule has 2 rings (SSSR count). The number of nitrogens with one attached hydrogen (secondary N) is 1. The van der Waals surface area contributed by atoms with E-state index in [1.807, 2.05) is 44.2 Å². The summed E-state index contributed by atoms with van der Waals surface area (Å²) in [5.74, 6) is 0.366. The largest absolute Gasteiger partial charge is 0.396 e. The van der Waals surface area contributed by atoms with Crippen molar-refractivity contribution in [2.75, 3.05) is 19.7 Å². The highest BCUT2D eigenvalue weighted by Gasteiger charge is 2.27. The van der Waals surface area contributed by atoms with E-state index in [0.29, 0.717) is 5.92 Å². The molecule has 3 unspecified atom stereocenters. The molecule has 0 aliphatic carbocycles. The van der Waals surface area contributed by atoms with Gasteiger partial charge in [0.05, 0.1) is 12.1 Å². The van der Waals surface area contributed by atoms with Crippen LogP contribution in [0.3, 0.4) is 0 Å². The van der Waals surface area contributed by atoms with Crippen LogP contribution in [0.25, 0.3) is 0 Å². The van der Waals surface area contributed by atoms with Gasteiger partial charge in [0.2, 0.25) is 5.91 Å². The number of nitrogens with zero attached hydrogens (tertiary/aromatic N) is 1. The fraction of sp³-hybridized carbons (Fsp3) is 0.588. The van der Waals surface area contributed by atoms with Crippen LogP contribution < -0.4 is 5.32 Å². The van der Waals surface area contributed by atoms with Gasteiger partial charge in [-0.25, -0.2) is 0 Å². The van der Waals surface area contributed by atoms with Crippen LogP contribution in [0.4, 0.5) is 0 Å². The van der Waals surface area contributed by atoms with Gasteiger partial charge in [0, 0.05) is 13.2 Å². The summed E-state index contributed by atoms with van der Waals surface area (Å²) in [4.78, 5) is 14.6. The van der Waals surface area contributed by atoms with Crippen molar-refractivity contribution in [1.82, 2.24) is 10.2 Å². The third-order valence-corrected chi connectivity index (χ3v) is 4.39. The molecule has 0 saturated carbocycles. The number of hydrogen-bond donors (Lipinski definition) is 2. The van der Waals surface area contributed by atoms with E-state index in [0.717, 1.165) is 31.5 Å². The van der Waals surface area contributed by atoms with Crippen molar-refractivity contribution in [2.45, 2.75) is 38.8 Å². The Labute approximate surface area is 127 Å². The van der Waals surface area contributed by atoms with Crippen LogP contribution in [0.15, 0.2) is 30.3 Å². The van der Waals surface area contributed by atoms with E-state index in [1.54, 1.807) is 0 Å². The first kappa shape index (κ1) is 16.0. The SMILES string of the molecule is CC(NC(=O)C(C)N1CCCC(CO)C1)c1ccccc1. The highest BCUT2D eigenvalue weighted by Crippen LogP contribution is 2.19. The van der Waals surface area contributed by atoms with Crippen LogP contribution in [-0.4, -0.2) is 41.7 Å². The molecule has 2 N–H and O–H groups in total. The molecule has 1 aliphatic rings. The Morgan fingerprint density at radius 1 is 1.38 bits per heavy atom. The molecule has 1 aromatic carbocycles. The molecule has 1 amide bonds.